The molecule has 684 valence electrons. The summed E-state index contributed by atoms with van der Waals surface area (Å²) in [6.45, 7) is -9.03. The van der Waals surface area contributed by atoms with E-state index in [0.717, 1.165) is 51.3 Å². The Bertz CT molecular complexity index is 8200. The second-order valence-corrected chi connectivity index (χ2v) is 34.5. The van der Waals surface area contributed by atoms with Crippen molar-refractivity contribution in [2.45, 2.75) is 302 Å². The fraction of sp³-hybridized carbons (Fsp3) is 0.684. The molecule has 12 aliphatic carbocycles. The lowest BCUT2D eigenvalue weighted by Gasteiger charge is -2.59. The molecule has 12 bridgehead atoms. The molecule has 12 heteroatoms. The fourth-order valence-electron chi connectivity index (χ4n) is 20.5. The molecule has 24 atom stereocenters. The first-order valence-electron chi connectivity index (χ1n) is 79.7. The summed E-state index contributed by atoms with van der Waals surface area (Å²) in [5.41, 5.74) is -14.7. The number of ether oxygens (including phenoxy) is 6. The Morgan fingerprint density at radius 2 is 0.452 bits per heavy atom. The lowest BCUT2D eigenvalue weighted by atomic mass is 9.51. The minimum atomic E-state index is -3.41. The van der Waals surface area contributed by atoms with Crippen LogP contribution < -0.4 is 28.4 Å². The molecule has 12 fully saturated rings. The number of hydrogen-bond donors (Lipinski definition) is 0. The van der Waals surface area contributed by atoms with Gasteiger partial charge < -0.3 is 57.8 Å². The van der Waals surface area contributed by atoms with Crippen molar-refractivity contribution in [3.05, 3.63) is 176 Å². The van der Waals surface area contributed by atoms with E-state index >= 15 is 0 Å². The second-order valence-electron chi connectivity index (χ2n) is 34.5. The van der Waals surface area contributed by atoms with Gasteiger partial charge >= 0.3 is 0 Å². The Hall–Kier alpha value is -6.12. The van der Waals surface area contributed by atoms with Crippen LogP contribution in [0.4, 0.5) is 0 Å². The number of fused-ring (bicyclic) bond motifs is 6. The van der Waals surface area contributed by atoms with Crippen LogP contribution in [0.2, 0.25) is 0 Å². The monoisotopic (exact) mass is 1790 g/mol. The minimum absolute atomic E-state index is 0.0549. The van der Waals surface area contributed by atoms with Gasteiger partial charge in [-0.2, -0.15) is 0 Å². The first-order chi connectivity index (χ1) is 89.0. The molecule has 6 unspecified atom stereocenters. The molecule has 0 amide bonds. The van der Waals surface area contributed by atoms with Gasteiger partial charge in [-0.05, 0) is 483 Å². The summed E-state index contributed by atoms with van der Waals surface area (Å²) in [6.07, 6.45) is -71.2. The molecule has 0 spiro atoms. The van der Waals surface area contributed by atoms with Crippen molar-refractivity contribution in [3.8, 4) is 34.5 Å². The standard InChI is InChI=1S/6C19H27NO/c6*1-13-6-7-19-8-9-20(2)18(17(19)10-13)11-14-4-5-15(21-3)12-16(14)19/h6*4-5,12-13,17-18H,6-11H2,1-3H3/t6*13?,17-,18+,19-/m111111/s1/i2*2D3,6D2,7D2,10D2,11D2,13D,17D,18D;2*6D2,7D2,10D2,11D2,13D,17D,18D;2*2D3,6D2,7D2,10D2,13D,17D,18D. The number of rotatable bonds is 6. The molecule has 12 nitrogen and oxygen atoms in total. The zero-order chi connectivity index (χ0) is 154. The van der Waals surface area contributed by atoms with Gasteiger partial charge in [0.15, 0.2) is 0 Å². The molecule has 0 radical (unpaired) electrons. The summed E-state index contributed by atoms with van der Waals surface area (Å²) in [7, 11) is 10.9. The van der Waals surface area contributed by atoms with Gasteiger partial charge in [-0.3, -0.25) is 0 Å². The zero-order valence-electron chi connectivity index (χ0n) is 147. The number of hydrogen-bond acceptors (Lipinski definition) is 12. The number of methoxy groups -OCH3 is 6. The Morgan fingerprint density at radius 1 is 0.270 bits per heavy atom. The largest absolute Gasteiger partial charge is 0.497 e. The molecular weight excluding hydrogens is 1550 g/mol. The van der Waals surface area contributed by atoms with Crippen molar-refractivity contribution in [3.63, 3.8) is 0 Å². The second kappa shape index (κ2) is 35.4. The van der Waals surface area contributed by atoms with Gasteiger partial charge in [-0.1, -0.05) is 77.9 Å². The predicted molar refractivity (Wildman–Crippen MR) is 515 cm³/mol. The highest BCUT2D eigenvalue weighted by Crippen LogP contribution is 2.64. The third-order valence-electron chi connectivity index (χ3n) is 27.2. The van der Waals surface area contributed by atoms with Gasteiger partial charge in [-0.15, -0.1) is 0 Å². The van der Waals surface area contributed by atoms with Crippen LogP contribution in [0.5, 0.6) is 34.5 Å². The Labute approximate surface area is 865 Å². The number of nitrogens with zero attached hydrogens (tertiary/aromatic N) is 6. The zero-order valence-corrected chi connectivity index (χ0v) is 73.4. The number of benzene rings is 6. The lowest BCUT2D eigenvalue weighted by Crippen LogP contribution is -2.60. The molecule has 6 saturated heterocycles. The summed E-state index contributed by atoms with van der Waals surface area (Å²) in [5.74, 6) is -34.1. The van der Waals surface area contributed by atoms with Crippen LogP contribution in [0.3, 0.4) is 0 Å². The average molecular weight is 1790 g/mol. The third kappa shape index (κ3) is 15.4. The highest BCUT2D eigenvalue weighted by Gasteiger charge is 2.61. The highest BCUT2D eigenvalue weighted by molar-refractivity contribution is 5.52. The van der Waals surface area contributed by atoms with E-state index in [0.29, 0.717) is 20.9 Å². The van der Waals surface area contributed by atoms with E-state index in [4.69, 9.17) is 113 Å². The van der Waals surface area contributed by atoms with E-state index in [1.54, 1.807) is 12.1 Å². The van der Waals surface area contributed by atoms with Crippen LogP contribution in [0.25, 0.3) is 0 Å². The van der Waals surface area contributed by atoms with Crippen LogP contribution in [-0.2, 0) is 70.8 Å². The predicted octanol–water partition coefficient (Wildman–Crippen LogP) is 21.8. The van der Waals surface area contributed by atoms with Crippen LogP contribution in [0.15, 0.2) is 109 Å². The average Bonchev–Trinajstić information content (AvgIpc) is 0.606. The van der Waals surface area contributed by atoms with Crippen LogP contribution >= 0.6 is 0 Å². The smallest absolute Gasteiger partial charge is 0.119 e. The normalized spacial score (nSPS) is 66.9. The Kier molecular flexibility index (Phi) is 10.6. The van der Waals surface area contributed by atoms with Crippen molar-refractivity contribution in [2.24, 2.45) is 70.7 Å². The maximum atomic E-state index is 9.63. The number of piperidine rings is 6. The van der Waals surface area contributed by atoms with Gasteiger partial charge in [-0.25, -0.2) is 0 Å². The van der Waals surface area contributed by atoms with Gasteiger partial charge in [0.2, 0.25) is 0 Å². The molecule has 126 heavy (non-hydrogen) atoms. The van der Waals surface area contributed by atoms with Crippen molar-refractivity contribution in [1.29, 1.82) is 0 Å². The van der Waals surface area contributed by atoms with E-state index in [2.05, 4.69) is 0 Å². The topological polar surface area (TPSA) is 74.8 Å². The summed E-state index contributed by atoms with van der Waals surface area (Å²) in [4.78, 5) is 4.76. The first-order valence-corrected chi connectivity index (χ1v) is 42.7. The van der Waals surface area contributed by atoms with Gasteiger partial charge in [0.05, 0.1) is 42.7 Å². The quantitative estimate of drug-likeness (QED) is 0.159. The summed E-state index contributed by atoms with van der Waals surface area (Å²) in [5, 5.41) is 0. The molecule has 6 aromatic carbocycles. The van der Waals surface area contributed by atoms with E-state index < -0.39 is 359 Å². The lowest BCUT2D eigenvalue weighted by molar-refractivity contribution is -0.0112. The maximum absolute atomic E-state index is 9.63. The molecule has 6 heterocycles. The van der Waals surface area contributed by atoms with Crippen molar-refractivity contribution in [2.75, 3.05) is 124 Å². The van der Waals surface area contributed by atoms with Gasteiger partial charge in [0, 0.05) is 170 Å². The fourth-order valence-corrected chi connectivity index (χ4v) is 20.5. The van der Waals surface area contributed by atoms with Crippen molar-refractivity contribution in [1.82, 2.24) is 29.4 Å². The highest BCUT2D eigenvalue weighted by atomic mass is 16.5. The van der Waals surface area contributed by atoms with Gasteiger partial charge in [0.25, 0.3) is 0 Å². The Balaban J connectivity index is 0.000000143. The maximum Gasteiger partial charge on any atom is 0.119 e. The van der Waals surface area contributed by atoms with Crippen LogP contribution in [0.1, 0.15) is 363 Å². The van der Waals surface area contributed by atoms with Gasteiger partial charge in [0.1, 0.15) is 34.5 Å². The van der Waals surface area contributed by atoms with Crippen molar-refractivity contribution >= 4 is 0 Å². The molecule has 18 aliphatic rings. The van der Waals surface area contributed by atoms with E-state index in [-0.39, 0.29) is 129 Å². The molecule has 6 aliphatic heterocycles. The number of likely N-dealkylation sites (N-methyl/N-ethyl adjacent to an activating group) is 6. The molecular formula is C114H162N6O6. The molecule has 0 aromatic heterocycles. The Morgan fingerprint density at radius 3 is 0.667 bits per heavy atom. The van der Waals surface area contributed by atoms with E-state index in [1.165, 1.54) is 164 Å². The molecule has 6 aromatic rings. The molecule has 24 rings (SSSR count). The van der Waals surface area contributed by atoms with Crippen LogP contribution in [-0.4, -0.2) is 189 Å². The summed E-state index contributed by atoms with van der Waals surface area (Å²) in [6, 6.07) is 8.00. The van der Waals surface area contributed by atoms with E-state index in [9.17, 15) is 16.4 Å². The minimum Gasteiger partial charge on any atom is -0.497 e. The summed E-state index contributed by atoms with van der Waals surface area (Å²) >= 11 is 0. The molecule has 6 saturated carbocycles. The number of likely N-dealkylation sites (tertiary alicyclic amines) is 6. The first kappa shape index (κ1) is 37.7. The third-order valence-corrected chi connectivity index (χ3v) is 27.2. The van der Waals surface area contributed by atoms with Crippen LogP contribution in [0, 0.1) is 70.7 Å². The van der Waals surface area contributed by atoms with Crippen molar-refractivity contribution < 1.29 is 130 Å². The summed E-state index contributed by atoms with van der Waals surface area (Å²) < 4.78 is 686. The van der Waals surface area contributed by atoms with E-state index in [1.807, 2.05) is 0 Å². The molecule has 0 N–H and O–H groups in total. The SMILES string of the molecule is [2H]C([2H])([2H])N1CC[C@]23c4cc(OC)ccc4C([2H])([2H])[C@@]1([2H])[C@@]2([2H])C([2H])([2H])C([2H])(C)C([2H])([2H])C3([2H])[2H].[2H]C([2H])([2H])N1CC[C@]23c4cc(OC)ccc4C([2H])([2H])[C@@]1([2H])[C@@]2([2H])C([2H])([2H])C([2H])(C)C([2H])([2H])C3([2H])[2H].[2H]C([2H])([2H])N1CC[C@]23c4cc(OC)ccc4C[C@@]1([2H])[C@@]2([2H])C([2H])([2H])C([2H])(C)C([2H])([2H])C3([2H])[2H].[2H]C([2H])([2H])N1CC[C@]23c4cc(OC)ccc4C[C@@]1([2H])[C@@]2([2H])C([2H])([2H])C([2H])(C)C([2H])([2H])C3([2H])[2H].[2H]C1([2H])C([2H])(C)C([2H])([2H])[C@]2([2H])[C@@]3([2H])N(C)CC[C@@]2(c2cc(OC)ccc2C3([2H])[2H])C1([2H])[2H].[2H]C1([2H])C([2H])(C)C([2H])([2H])[C@]2([2H])[C@@]3([2H])N(C)CC[C@@]2(c2cc(OC)ccc2C3([2H])[2H])C1([2H])[2H].